The smallest absolute Gasteiger partial charge is 0.394 e. The summed E-state index contributed by atoms with van der Waals surface area (Å²) in [5.74, 6) is 1.07. The first kappa shape index (κ1) is 14.3. The van der Waals surface area contributed by atoms with E-state index in [1.54, 1.807) is 12.1 Å². The van der Waals surface area contributed by atoms with Gasteiger partial charge in [0.1, 0.15) is 5.60 Å². The molecule has 3 saturated carbocycles. The fourth-order valence-electron chi connectivity index (χ4n) is 3.43. The van der Waals surface area contributed by atoms with Gasteiger partial charge in [0.25, 0.3) is 0 Å². The molecule has 2 nitrogen and oxygen atoms in total. The number of hydrogen-bond donors (Lipinski definition) is 0. The van der Waals surface area contributed by atoms with Crippen LogP contribution in [0.25, 0.3) is 0 Å². The molecular formula is C16H17F3O2. The van der Waals surface area contributed by atoms with E-state index in [4.69, 9.17) is 9.47 Å². The van der Waals surface area contributed by atoms with Gasteiger partial charge in [0.15, 0.2) is 11.5 Å². The minimum absolute atomic E-state index is 0.0566. The molecule has 2 bridgehead atoms. The first-order valence-corrected chi connectivity index (χ1v) is 6.87. The van der Waals surface area contributed by atoms with E-state index >= 15 is 0 Å². The lowest BCUT2D eigenvalue weighted by molar-refractivity contribution is -0.373. The van der Waals surface area contributed by atoms with E-state index in [1.165, 1.54) is 7.11 Å². The van der Waals surface area contributed by atoms with Crippen LogP contribution < -0.4 is 9.47 Å². The molecule has 0 N–H and O–H groups in total. The molecule has 3 aliphatic carbocycles. The molecule has 0 aliphatic heterocycles. The largest absolute Gasteiger partial charge is 0.493 e. The molecule has 3 fully saturated rings. The van der Waals surface area contributed by atoms with Crippen LogP contribution in [0.1, 0.15) is 24.8 Å². The predicted octanol–water partition coefficient (Wildman–Crippen LogP) is 4.29. The summed E-state index contributed by atoms with van der Waals surface area (Å²) < 4.78 is 49.6. The van der Waals surface area contributed by atoms with Crippen molar-refractivity contribution in [1.29, 1.82) is 0 Å². The zero-order chi connectivity index (χ0) is 15.3. The highest BCUT2D eigenvalue weighted by molar-refractivity contribution is 5.45. The summed E-state index contributed by atoms with van der Waals surface area (Å²) in [5.41, 5.74) is -1.12. The minimum Gasteiger partial charge on any atom is -0.493 e. The lowest BCUT2D eigenvalue weighted by Gasteiger charge is -2.68. The second kappa shape index (κ2) is 4.42. The monoisotopic (exact) mass is 298 g/mol. The number of alkyl halides is 3. The normalized spacial score (nSPS) is 30.1. The Morgan fingerprint density at radius 1 is 1.24 bits per heavy atom. The Labute approximate surface area is 121 Å². The number of allylic oxidation sites excluding steroid dienone is 1. The van der Waals surface area contributed by atoms with E-state index in [0.29, 0.717) is 17.9 Å². The molecule has 0 heterocycles. The average Bonchev–Trinajstić information content (AvgIpc) is 2.31. The lowest BCUT2D eigenvalue weighted by Crippen LogP contribution is -2.75. The third-order valence-corrected chi connectivity index (χ3v) is 4.52. The maximum atomic E-state index is 12.8. The van der Waals surface area contributed by atoms with Crippen LogP contribution in [0.5, 0.6) is 11.5 Å². The first-order chi connectivity index (χ1) is 9.83. The molecule has 0 amide bonds. The Morgan fingerprint density at radius 3 is 2.43 bits per heavy atom. The van der Waals surface area contributed by atoms with Gasteiger partial charge in [-0.3, -0.25) is 0 Å². The number of ether oxygens (including phenoxy) is 2. The van der Waals surface area contributed by atoms with Crippen LogP contribution in [-0.2, 0) is 6.42 Å². The van der Waals surface area contributed by atoms with E-state index in [2.05, 4.69) is 6.58 Å². The second-order valence-corrected chi connectivity index (χ2v) is 6.07. The van der Waals surface area contributed by atoms with Crippen molar-refractivity contribution in [2.45, 2.75) is 37.5 Å². The third kappa shape index (κ3) is 2.10. The number of rotatable bonds is 5. The summed E-state index contributed by atoms with van der Waals surface area (Å²) in [6, 6.07) is 5.48. The van der Waals surface area contributed by atoms with Gasteiger partial charge in [-0.25, -0.2) is 0 Å². The predicted molar refractivity (Wildman–Crippen MR) is 72.6 cm³/mol. The average molecular weight is 298 g/mol. The van der Waals surface area contributed by atoms with Crippen molar-refractivity contribution < 1.29 is 22.6 Å². The van der Waals surface area contributed by atoms with Gasteiger partial charge >= 0.3 is 6.18 Å². The zero-order valence-corrected chi connectivity index (χ0v) is 11.8. The van der Waals surface area contributed by atoms with Crippen molar-refractivity contribution in [2.24, 2.45) is 5.41 Å². The summed E-state index contributed by atoms with van der Waals surface area (Å²) in [6.45, 7) is 3.67. The molecule has 0 atom stereocenters. The van der Waals surface area contributed by atoms with Crippen molar-refractivity contribution >= 4 is 0 Å². The Morgan fingerprint density at radius 2 is 1.90 bits per heavy atom. The van der Waals surface area contributed by atoms with Gasteiger partial charge in [-0.15, -0.1) is 6.58 Å². The van der Waals surface area contributed by atoms with E-state index in [9.17, 15) is 13.2 Å². The molecule has 21 heavy (non-hydrogen) atoms. The van der Waals surface area contributed by atoms with Crippen molar-refractivity contribution in [1.82, 2.24) is 0 Å². The number of halogens is 3. The van der Waals surface area contributed by atoms with Gasteiger partial charge in [0, 0.05) is 19.3 Å². The molecule has 0 aromatic heterocycles. The Hall–Kier alpha value is -1.65. The first-order valence-electron chi connectivity index (χ1n) is 6.87. The molecule has 1 aromatic rings. The lowest BCUT2D eigenvalue weighted by atomic mass is 9.40. The van der Waals surface area contributed by atoms with Crippen LogP contribution in [0, 0.1) is 5.41 Å². The number of methoxy groups -OCH3 is 1. The van der Waals surface area contributed by atoms with E-state index in [-0.39, 0.29) is 19.3 Å². The molecule has 0 saturated heterocycles. The molecule has 4 rings (SSSR count). The Balaban J connectivity index is 1.72. The summed E-state index contributed by atoms with van der Waals surface area (Å²) in [5, 5.41) is 0. The topological polar surface area (TPSA) is 18.5 Å². The van der Waals surface area contributed by atoms with Gasteiger partial charge in [0.2, 0.25) is 0 Å². The zero-order valence-electron chi connectivity index (χ0n) is 11.8. The molecule has 3 aliphatic rings. The quantitative estimate of drug-likeness (QED) is 0.755. The fourth-order valence-corrected chi connectivity index (χ4v) is 3.43. The van der Waals surface area contributed by atoms with Crippen LogP contribution in [-0.4, -0.2) is 18.9 Å². The maximum absolute atomic E-state index is 12.8. The maximum Gasteiger partial charge on any atom is 0.394 e. The summed E-state index contributed by atoms with van der Waals surface area (Å²) >= 11 is 0. The fraction of sp³-hybridized carbons (Fsp3) is 0.500. The molecule has 0 radical (unpaired) electrons. The van der Waals surface area contributed by atoms with Crippen LogP contribution in [0.3, 0.4) is 0 Å². The van der Waals surface area contributed by atoms with Crippen LogP contribution in [0.2, 0.25) is 0 Å². The Bertz CT molecular complexity index is 558. The molecule has 0 unspecified atom stereocenters. The molecule has 0 spiro atoms. The highest BCUT2D eigenvalue weighted by Crippen LogP contribution is 2.74. The van der Waals surface area contributed by atoms with Gasteiger partial charge in [-0.1, -0.05) is 12.1 Å². The van der Waals surface area contributed by atoms with Crippen LogP contribution in [0.15, 0.2) is 30.9 Å². The van der Waals surface area contributed by atoms with Gasteiger partial charge in [0.05, 0.1) is 12.5 Å². The highest BCUT2D eigenvalue weighted by Gasteiger charge is 2.80. The highest BCUT2D eigenvalue weighted by atomic mass is 19.4. The molecule has 1 aromatic carbocycles. The van der Waals surface area contributed by atoms with Crippen molar-refractivity contribution in [2.75, 3.05) is 7.11 Å². The summed E-state index contributed by atoms with van der Waals surface area (Å²) in [4.78, 5) is 0. The van der Waals surface area contributed by atoms with E-state index < -0.39 is 17.2 Å². The van der Waals surface area contributed by atoms with E-state index in [0.717, 1.165) is 5.56 Å². The van der Waals surface area contributed by atoms with Gasteiger partial charge in [-0.2, -0.15) is 13.2 Å². The summed E-state index contributed by atoms with van der Waals surface area (Å²) in [7, 11) is 1.53. The molecule has 114 valence electrons. The number of hydrogen-bond acceptors (Lipinski definition) is 2. The minimum atomic E-state index is -4.12. The molecular weight excluding hydrogens is 281 g/mol. The van der Waals surface area contributed by atoms with Crippen LogP contribution in [0.4, 0.5) is 13.2 Å². The standard InChI is InChI=1S/C16H17F3O2/c1-3-4-11-5-6-12(13(7-11)20-2)21-15-8-14(9-15,10-15)16(17,18)19/h3,5-7H,1,4,8-10H2,2H3. The van der Waals surface area contributed by atoms with Crippen LogP contribution >= 0.6 is 0 Å². The summed E-state index contributed by atoms with van der Waals surface area (Å²) in [6.07, 6.45) is -1.46. The van der Waals surface area contributed by atoms with Crippen molar-refractivity contribution in [3.63, 3.8) is 0 Å². The second-order valence-electron chi connectivity index (χ2n) is 6.07. The third-order valence-electron chi connectivity index (χ3n) is 4.52. The van der Waals surface area contributed by atoms with E-state index in [1.807, 2.05) is 12.1 Å². The SMILES string of the molecule is C=CCc1ccc(OC23CC(C(F)(F)F)(C2)C3)c(OC)c1. The molecule has 5 heteroatoms. The van der Waals surface area contributed by atoms with Crippen molar-refractivity contribution in [3.8, 4) is 11.5 Å². The number of benzene rings is 1. The Kier molecular flexibility index (Phi) is 3.01. The van der Waals surface area contributed by atoms with Gasteiger partial charge < -0.3 is 9.47 Å². The van der Waals surface area contributed by atoms with Crippen molar-refractivity contribution in [3.05, 3.63) is 36.4 Å². The van der Waals surface area contributed by atoms with Gasteiger partial charge in [-0.05, 0) is 24.1 Å².